The molecule has 0 radical (unpaired) electrons. The van der Waals surface area contributed by atoms with Crippen molar-refractivity contribution in [3.05, 3.63) is 12.2 Å². The summed E-state index contributed by atoms with van der Waals surface area (Å²) in [4.78, 5) is 12.7. The summed E-state index contributed by atoms with van der Waals surface area (Å²) in [6, 6.07) is 0. The standard InChI is InChI=1S/C18H22F6O6S2/c19-17(20,21)31(26,27)15(32(28,29)18(22,23)24)9-14(11-3-1-2-4-11)30-16(25)13-8-10-5-6-12(13)7-10/h5-6,10-15H,1-4,7-9H2. The van der Waals surface area contributed by atoms with Crippen molar-refractivity contribution in [2.45, 2.75) is 66.6 Å². The topological polar surface area (TPSA) is 94.6 Å². The zero-order valence-electron chi connectivity index (χ0n) is 16.6. The summed E-state index contributed by atoms with van der Waals surface area (Å²) in [7, 11) is -13.6. The van der Waals surface area contributed by atoms with Gasteiger partial charge in [0.2, 0.25) is 0 Å². The molecule has 184 valence electrons. The number of hydrogen-bond donors (Lipinski definition) is 0. The van der Waals surface area contributed by atoms with Crippen LogP contribution in [0.25, 0.3) is 0 Å². The maximum Gasteiger partial charge on any atom is 0.498 e. The summed E-state index contributed by atoms with van der Waals surface area (Å²) in [5, 5.41) is 0. The van der Waals surface area contributed by atoms with E-state index in [1.54, 1.807) is 6.08 Å². The molecule has 0 saturated heterocycles. The Morgan fingerprint density at radius 1 is 0.906 bits per heavy atom. The van der Waals surface area contributed by atoms with Crippen LogP contribution in [-0.2, 0) is 29.2 Å². The van der Waals surface area contributed by atoms with Gasteiger partial charge in [-0.2, -0.15) is 26.3 Å². The van der Waals surface area contributed by atoms with Crippen molar-refractivity contribution in [1.29, 1.82) is 0 Å². The number of hydrogen-bond acceptors (Lipinski definition) is 6. The van der Waals surface area contributed by atoms with Crippen LogP contribution in [0.4, 0.5) is 26.3 Å². The maximum absolute atomic E-state index is 13.1. The predicted molar refractivity (Wildman–Crippen MR) is 99.0 cm³/mol. The van der Waals surface area contributed by atoms with Crippen LogP contribution in [0, 0.1) is 23.7 Å². The molecule has 3 rings (SSSR count). The second-order valence-electron chi connectivity index (χ2n) is 8.55. The first-order valence-electron chi connectivity index (χ1n) is 10.0. The van der Waals surface area contributed by atoms with E-state index in [0.29, 0.717) is 25.7 Å². The molecule has 0 aromatic carbocycles. The molecule has 2 fully saturated rings. The zero-order valence-corrected chi connectivity index (χ0v) is 18.2. The van der Waals surface area contributed by atoms with Gasteiger partial charge in [0.15, 0.2) is 4.58 Å². The molecule has 4 unspecified atom stereocenters. The number of ether oxygens (including phenoxy) is 1. The highest BCUT2D eigenvalue weighted by Crippen LogP contribution is 2.45. The SMILES string of the molecule is O=C(OC(CC(S(=O)(=O)C(F)(F)F)S(=O)(=O)C(F)(F)F)C1CCCC1)C1CC2C=CC1C2. The number of allylic oxidation sites excluding steroid dienone is 2. The van der Waals surface area contributed by atoms with Gasteiger partial charge in [-0.05, 0) is 43.4 Å². The molecule has 4 atom stereocenters. The van der Waals surface area contributed by atoms with E-state index in [9.17, 15) is 48.0 Å². The lowest BCUT2D eigenvalue weighted by Crippen LogP contribution is -2.47. The van der Waals surface area contributed by atoms with Gasteiger partial charge in [-0.1, -0.05) is 25.0 Å². The molecule has 0 heterocycles. The molecular weight excluding hydrogens is 490 g/mol. The third-order valence-electron chi connectivity index (χ3n) is 6.54. The Morgan fingerprint density at radius 2 is 1.44 bits per heavy atom. The molecule has 0 amide bonds. The second-order valence-corrected chi connectivity index (χ2v) is 13.1. The molecule has 6 nitrogen and oxygen atoms in total. The Labute approximate surface area is 181 Å². The molecule has 32 heavy (non-hydrogen) atoms. The monoisotopic (exact) mass is 512 g/mol. The first kappa shape index (κ1) is 25.3. The molecular formula is C18H22F6O6S2. The van der Waals surface area contributed by atoms with Crippen molar-refractivity contribution in [2.24, 2.45) is 23.7 Å². The number of esters is 1. The maximum atomic E-state index is 13.1. The van der Waals surface area contributed by atoms with Gasteiger partial charge in [-0.25, -0.2) is 16.8 Å². The number of carbonyl (C=O) groups is 1. The fraction of sp³-hybridized carbons (Fsp3) is 0.833. The van der Waals surface area contributed by atoms with Crippen LogP contribution < -0.4 is 0 Å². The van der Waals surface area contributed by atoms with Crippen LogP contribution in [0.1, 0.15) is 44.9 Å². The highest BCUT2D eigenvalue weighted by molar-refractivity contribution is 8.09. The van der Waals surface area contributed by atoms with Crippen LogP contribution in [0.15, 0.2) is 12.2 Å². The molecule has 0 aromatic heterocycles. The van der Waals surface area contributed by atoms with E-state index in [-0.39, 0.29) is 24.7 Å². The van der Waals surface area contributed by atoms with Crippen LogP contribution in [0.2, 0.25) is 0 Å². The Bertz CT molecular complexity index is 919. The number of carbonyl (C=O) groups excluding carboxylic acids is 1. The van der Waals surface area contributed by atoms with E-state index in [0.717, 1.165) is 0 Å². The number of sulfone groups is 2. The van der Waals surface area contributed by atoms with Gasteiger partial charge in [0, 0.05) is 6.42 Å². The van der Waals surface area contributed by atoms with Crippen molar-refractivity contribution in [2.75, 3.05) is 0 Å². The number of alkyl halides is 6. The summed E-state index contributed by atoms with van der Waals surface area (Å²) >= 11 is 0. The molecule has 0 N–H and O–H groups in total. The quantitative estimate of drug-likeness (QED) is 0.292. The average molecular weight is 512 g/mol. The fourth-order valence-electron chi connectivity index (χ4n) is 4.86. The summed E-state index contributed by atoms with van der Waals surface area (Å²) in [5.74, 6) is -2.30. The van der Waals surface area contributed by atoms with Crippen LogP contribution in [0.3, 0.4) is 0 Å². The molecule has 0 aromatic rings. The summed E-state index contributed by atoms with van der Waals surface area (Å²) < 4.78 is 128. The van der Waals surface area contributed by atoms with Gasteiger partial charge >= 0.3 is 17.0 Å². The highest BCUT2D eigenvalue weighted by Gasteiger charge is 2.63. The zero-order chi connectivity index (χ0) is 24.1. The van der Waals surface area contributed by atoms with Gasteiger partial charge in [-0.3, -0.25) is 4.79 Å². The van der Waals surface area contributed by atoms with E-state index in [2.05, 4.69) is 0 Å². The minimum Gasteiger partial charge on any atom is -0.462 e. The lowest BCUT2D eigenvalue weighted by Gasteiger charge is -2.30. The lowest BCUT2D eigenvalue weighted by atomic mass is 9.93. The fourth-order valence-corrected chi connectivity index (χ4v) is 8.33. The van der Waals surface area contributed by atoms with Crippen LogP contribution in [0.5, 0.6) is 0 Å². The first-order chi connectivity index (χ1) is 14.6. The minimum absolute atomic E-state index is 0.117. The van der Waals surface area contributed by atoms with Gasteiger partial charge < -0.3 is 4.74 Å². The molecule has 0 spiro atoms. The molecule has 3 aliphatic rings. The third-order valence-corrected chi connectivity index (χ3v) is 11.1. The number of halogens is 6. The Morgan fingerprint density at radius 3 is 1.84 bits per heavy atom. The normalized spacial score (nSPS) is 27.9. The molecule has 2 bridgehead atoms. The minimum atomic E-state index is -6.78. The number of rotatable bonds is 7. The van der Waals surface area contributed by atoms with Crippen molar-refractivity contribution in [3.63, 3.8) is 0 Å². The van der Waals surface area contributed by atoms with Crippen LogP contribution in [-0.4, -0.2) is 44.5 Å². The van der Waals surface area contributed by atoms with Gasteiger partial charge in [0.1, 0.15) is 6.10 Å². The Kier molecular flexibility index (Phi) is 6.71. The Hall–Kier alpha value is -1.31. The highest BCUT2D eigenvalue weighted by atomic mass is 32.3. The van der Waals surface area contributed by atoms with Crippen molar-refractivity contribution >= 4 is 25.6 Å². The third kappa shape index (κ3) is 4.66. The molecule has 2 saturated carbocycles. The van der Waals surface area contributed by atoms with E-state index in [1.165, 1.54) is 0 Å². The molecule has 14 heteroatoms. The van der Waals surface area contributed by atoms with Gasteiger partial charge in [0.25, 0.3) is 19.7 Å². The van der Waals surface area contributed by atoms with Crippen molar-refractivity contribution in [1.82, 2.24) is 0 Å². The smallest absolute Gasteiger partial charge is 0.462 e. The first-order valence-corrected chi connectivity index (χ1v) is 13.1. The van der Waals surface area contributed by atoms with Crippen molar-refractivity contribution in [3.8, 4) is 0 Å². The molecule has 3 aliphatic carbocycles. The summed E-state index contributed by atoms with van der Waals surface area (Å²) in [6.07, 6.45) is 3.05. The summed E-state index contributed by atoms with van der Waals surface area (Å²) in [6.45, 7) is 0. The summed E-state index contributed by atoms with van der Waals surface area (Å²) in [5.41, 5.74) is -12.5. The molecule has 0 aliphatic heterocycles. The average Bonchev–Trinajstić information content (AvgIpc) is 3.40. The lowest BCUT2D eigenvalue weighted by molar-refractivity contribution is -0.158. The van der Waals surface area contributed by atoms with E-state index < -0.39 is 65.6 Å². The van der Waals surface area contributed by atoms with Crippen molar-refractivity contribution < 1.29 is 52.7 Å². The van der Waals surface area contributed by atoms with Gasteiger partial charge in [0.05, 0.1) is 5.92 Å². The Balaban J connectivity index is 1.93. The van der Waals surface area contributed by atoms with Crippen LogP contribution >= 0.6 is 0 Å². The predicted octanol–water partition coefficient (Wildman–Crippen LogP) is 3.89. The van der Waals surface area contributed by atoms with Gasteiger partial charge in [-0.15, -0.1) is 0 Å². The van der Waals surface area contributed by atoms with E-state index in [1.807, 2.05) is 6.08 Å². The number of fused-ring (bicyclic) bond motifs is 2. The van der Waals surface area contributed by atoms with E-state index in [4.69, 9.17) is 4.74 Å². The largest absolute Gasteiger partial charge is 0.498 e. The second kappa shape index (κ2) is 8.48. The van der Waals surface area contributed by atoms with E-state index >= 15 is 0 Å².